The van der Waals surface area contributed by atoms with Gasteiger partial charge in [0.15, 0.2) is 0 Å². The number of fused-ring (bicyclic) bond motifs is 4. The topological polar surface area (TPSA) is 47.6 Å². The molecule has 42 heavy (non-hydrogen) atoms. The van der Waals surface area contributed by atoms with E-state index in [2.05, 4.69) is 85.1 Å². The highest BCUT2D eigenvalue weighted by Crippen LogP contribution is 2.54. The average Bonchev–Trinajstić information content (AvgIpc) is 3.06. The summed E-state index contributed by atoms with van der Waals surface area (Å²) in [5, 5.41) is 17.2. The molecule has 0 aromatic rings. The normalized spacial score (nSPS) is 32.7. The second-order valence-electron chi connectivity index (χ2n) is 13.2. The van der Waals surface area contributed by atoms with Gasteiger partial charge in [-0.3, -0.25) is 0 Å². The molecule has 0 aromatic heterocycles. The number of hydrogen-bond acceptors (Lipinski definition) is 2. The van der Waals surface area contributed by atoms with Gasteiger partial charge < -0.3 is 5.41 Å². The van der Waals surface area contributed by atoms with Crippen molar-refractivity contribution >= 4 is 6.21 Å². The fourth-order valence-electron chi connectivity index (χ4n) is 8.83. The molecule has 0 aliphatic heterocycles. The van der Waals surface area contributed by atoms with E-state index in [1.54, 1.807) is 28.5 Å². The van der Waals surface area contributed by atoms with Crippen molar-refractivity contribution in [3.05, 3.63) is 140 Å². The maximum atomic E-state index is 9.44. The third kappa shape index (κ3) is 4.25. The highest BCUT2D eigenvalue weighted by atomic mass is 14.4. The molecule has 0 amide bonds. The molecule has 8 aliphatic rings. The first-order valence-corrected chi connectivity index (χ1v) is 16.0. The summed E-state index contributed by atoms with van der Waals surface area (Å²) in [6.45, 7) is 0. The van der Waals surface area contributed by atoms with Crippen molar-refractivity contribution in [2.75, 3.05) is 0 Å². The summed E-state index contributed by atoms with van der Waals surface area (Å²) in [5.74, 6) is 2.07. The van der Waals surface area contributed by atoms with E-state index in [0.29, 0.717) is 23.7 Å². The third-order valence-corrected chi connectivity index (χ3v) is 10.9. The minimum absolute atomic E-state index is 0.287. The van der Waals surface area contributed by atoms with Crippen molar-refractivity contribution in [3.63, 3.8) is 0 Å². The van der Waals surface area contributed by atoms with Crippen molar-refractivity contribution < 1.29 is 0 Å². The number of hydrogen-bond donors (Lipinski definition) is 1. The molecule has 0 saturated carbocycles. The van der Waals surface area contributed by atoms with Crippen LogP contribution in [0.3, 0.4) is 0 Å². The van der Waals surface area contributed by atoms with Gasteiger partial charge in [-0.2, -0.15) is 5.26 Å². The second kappa shape index (κ2) is 10.4. The van der Waals surface area contributed by atoms with E-state index >= 15 is 0 Å². The maximum absolute atomic E-state index is 9.44. The Morgan fingerprint density at radius 2 is 1.69 bits per heavy atom. The van der Waals surface area contributed by atoms with Crippen LogP contribution in [0.25, 0.3) is 0 Å². The molecule has 0 saturated heterocycles. The van der Waals surface area contributed by atoms with Gasteiger partial charge in [-0.1, -0.05) is 72.9 Å². The van der Waals surface area contributed by atoms with Crippen LogP contribution in [0.4, 0.5) is 0 Å². The van der Waals surface area contributed by atoms with E-state index in [9.17, 15) is 5.26 Å². The molecule has 1 N–H and O–H groups in total. The van der Waals surface area contributed by atoms with Crippen LogP contribution in [-0.4, -0.2) is 6.21 Å². The Kier molecular flexibility index (Phi) is 6.37. The molecule has 8 aliphatic carbocycles. The summed E-state index contributed by atoms with van der Waals surface area (Å²) >= 11 is 0. The number of nitrogens with one attached hydrogen (secondary N) is 1. The van der Waals surface area contributed by atoms with Gasteiger partial charge in [-0.05, 0) is 126 Å². The average molecular weight is 547 g/mol. The molecule has 0 aromatic carbocycles. The molecular weight excluding hydrogens is 508 g/mol. The van der Waals surface area contributed by atoms with Crippen molar-refractivity contribution in [3.8, 4) is 6.07 Å². The van der Waals surface area contributed by atoms with Gasteiger partial charge in [0.25, 0.3) is 0 Å². The first-order chi connectivity index (χ1) is 20.7. The second-order valence-corrected chi connectivity index (χ2v) is 13.2. The Labute approximate surface area is 250 Å². The summed E-state index contributed by atoms with van der Waals surface area (Å²) in [7, 11) is 0. The zero-order valence-electron chi connectivity index (χ0n) is 24.3. The van der Waals surface area contributed by atoms with Gasteiger partial charge in [-0.25, -0.2) is 0 Å². The molecular formula is C40H38N2. The molecule has 5 atom stereocenters. The summed E-state index contributed by atoms with van der Waals surface area (Å²) in [5.41, 5.74) is 16.1. The van der Waals surface area contributed by atoms with Gasteiger partial charge in [0.1, 0.15) is 0 Å². The largest absolute Gasteiger partial charge is 0.312 e. The first kappa shape index (κ1) is 25.7. The number of nitrogens with zero attached hydrogens (tertiary/aromatic N) is 1. The lowest BCUT2D eigenvalue weighted by atomic mass is 9.61. The zero-order valence-corrected chi connectivity index (χ0v) is 24.3. The van der Waals surface area contributed by atoms with Crippen molar-refractivity contribution in [1.82, 2.24) is 0 Å². The van der Waals surface area contributed by atoms with E-state index in [0.717, 1.165) is 63.4 Å². The fourth-order valence-corrected chi connectivity index (χ4v) is 8.83. The van der Waals surface area contributed by atoms with Crippen LogP contribution in [0.2, 0.25) is 0 Å². The molecule has 2 heteroatoms. The molecule has 0 heterocycles. The van der Waals surface area contributed by atoms with Crippen molar-refractivity contribution in [2.45, 2.75) is 57.8 Å². The minimum atomic E-state index is 0.287. The number of allylic oxidation sites excluding steroid dienone is 24. The fraction of sp³-hybridized carbons (Fsp3) is 0.350. The lowest BCUT2D eigenvalue weighted by Crippen LogP contribution is -2.29. The van der Waals surface area contributed by atoms with Crippen LogP contribution in [0.15, 0.2) is 140 Å². The van der Waals surface area contributed by atoms with E-state index in [1.165, 1.54) is 33.4 Å². The van der Waals surface area contributed by atoms with Crippen LogP contribution in [0.1, 0.15) is 57.8 Å². The van der Waals surface area contributed by atoms with E-state index in [4.69, 9.17) is 5.41 Å². The van der Waals surface area contributed by atoms with E-state index in [1.807, 2.05) is 0 Å². The molecule has 5 unspecified atom stereocenters. The predicted octanol–water partition coefficient (Wildman–Crippen LogP) is 9.61. The summed E-state index contributed by atoms with van der Waals surface area (Å²) in [4.78, 5) is 0. The number of rotatable bonds is 3. The van der Waals surface area contributed by atoms with E-state index < -0.39 is 0 Å². The maximum Gasteiger partial charge on any atom is 0.0947 e. The molecule has 0 radical (unpaired) electrons. The Hall–Kier alpha value is -3.96. The summed E-state index contributed by atoms with van der Waals surface area (Å²) in [6, 6.07) is 2.40. The Morgan fingerprint density at radius 3 is 2.57 bits per heavy atom. The van der Waals surface area contributed by atoms with Gasteiger partial charge in [0.05, 0.1) is 6.07 Å². The van der Waals surface area contributed by atoms with Crippen molar-refractivity contribution in [2.24, 2.45) is 29.6 Å². The Morgan fingerprint density at radius 1 is 0.833 bits per heavy atom. The quantitative estimate of drug-likeness (QED) is 0.352. The summed E-state index contributed by atoms with van der Waals surface area (Å²) in [6.07, 6.45) is 42.2. The number of nitriles is 1. The summed E-state index contributed by atoms with van der Waals surface area (Å²) < 4.78 is 0. The molecule has 8 rings (SSSR count). The van der Waals surface area contributed by atoms with Gasteiger partial charge >= 0.3 is 0 Å². The smallest absolute Gasteiger partial charge is 0.0947 e. The molecule has 0 spiro atoms. The van der Waals surface area contributed by atoms with Crippen LogP contribution in [-0.2, 0) is 0 Å². The Balaban J connectivity index is 1.20. The third-order valence-electron chi connectivity index (χ3n) is 10.9. The SMILES string of the molecule is N#CC1=CC2=C(C=C(C3=CC4=C(C5=C(C=CCC5)C(C5=CCC6CC(C=N)C=CC6=C5)C4)C4C=CC=CC34)CC2)CC1. The molecule has 208 valence electrons. The molecule has 2 nitrogen and oxygen atoms in total. The molecule has 0 bridgehead atoms. The highest BCUT2D eigenvalue weighted by molar-refractivity contribution is 5.65. The highest BCUT2D eigenvalue weighted by Gasteiger charge is 2.40. The lowest BCUT2D eigenvalue weighted by Gasteiger charge is -2.43. The predicted molar refractivity (Wildman–Crippen MR) is 171 cm³/mol. The first-order valence-electron chi connectivity index (χ1n) is 16.0. The Bertz CT molecular complexity index is 1690. The molecule has 0 fully saturated rings. The van der Waals surface area contributed by atoms with Crippen LogP contribution >= 0.6 is 0 Å². The van der Waals surface area contributed by atoms with Gasteiger partial charge in [-0.15, -0.1) is 0 Å². The van der Waals surface area contributed by atoms with Gasteiger partial charge in [0, 0.05) is 35.5 Å². The van der Waals surface area contributed by atoms with Crippen LogP contribution in [0.5, 0.6) is 0 Å². The van der Waals surface area contributed by atoms with Gasteiger partial charge in [0.2, 0.25) is 0 Å². The zero-order chi connectivity index (χ0) is 28.2. The minimum Gasteiger partial charge on any atom is -0.312 e. The van der Waals surface area contributed by atoms with E-state index in [-0.39, 0.29) is 5.92 Å². The monoisotopic (exact) mass is 546 g/mol. The van der Waals surface area contributed by atoms with Crippen LogP contribution < -0.4 is 0 Å². The van der Waals surface area contributed by atoms with Crippen LogP contribution in [0, 0.1) is 46.3 Å². The van der Waals surface area contributed by atoms with Crippen molar-refractivity contribution in [1.29, 1.82) is 10.7 Å². The standard InChI is InChI=1S/C40H38N2/c41-23-25-9-11-29-19-31(15-13-27(29)17-25)38-21-33-22-39(32-16-14-28-18-26(24-42)10-12-30(28)20-32)35-6-2-4-8-37(35)40(33)36-7-3-1-5-34(36)38/h1-3,5-7,10,12,16-17,19-21,24,26,28,34,36,39,42H,4,8-9,11,13-15,18,22H2. The lowest BCUT2D eigenvalue weighted by molar-refractivity contribution is 0.515.